The van der Waals surface area contributed by atoms with Crippen LogP contribution in [0, 0.1) is 13.8 Å². The van der Waals surface area contributed by atoms with Gasteiger partial charge in [0.05, 0.1) is 11.4 Å². The molecule has 0 unspecified atom stereocenters. The number of likely N-dealkylation sites (tertiary alicyclic amines) is 1. The molecule has 1 fully saturated rings. The minimum Gasteiger partial charge on any atom is -0.299 e. The lowest BCUT2D eigenvalue weighted by molar-refractivity contribution is 0.0538. The second-order valence-electron chi connectivity index (χ2n) is 5.67. The fourth-order valence-electron chi connectivity index (χ4n) is 2.84. The van der Waals surface area contributed by atoms with Crippen LogP contribution in [0.5, 0.6) is 0 Å². The van der Waals surface area contributed by atoms with Crippen molar-refractivity contribution < 1.29 is 17.2 Å². The van der Waals surface area contributed by atoms with Crippen LogP contribution in [0.3, 0.4) is 0 Å². The van der Waals surface area contributed by atoms with E-state index in [1.165, 1.54) is 13.8 Å². The molecule has 0 aliphatic carbocycles. The molecule has 1 aliphatic heterocycles. The predicted octanol–water partition coefficient (Wildman–Crippen LogP) is 1.66. The SMILES string of the molecule is Cc1nn(C(F)F)c(C)c1S(=O)(=O)NC[C@@H](C)N1CCCC1. The number of rotatable bonds is 6. The fraction of sp³-hybridized carbons (Fsp3) is 0.769. The van der Waals surface area contributed by atoms with Crippen LogP contribution in [-0.4, -0.2) is 48.8 Å². The number of aryl methyl sites for hydroxylation is 1. The van der Waals surface area contributed by atoms with Gasteiger partial charge < -0.3 is 0 Å². The Morgan fingerprint density at radius 1 is 1.27 bits per heavy atom. The fourth-order valence-corrected chi connectivity index (χ4v) is 4.36. The average molecular weight is 336 g/mol. The van der Waals surface area contributed by atoms with Crippen molar-refractivity contribution in [2.45, 2.75) is 51.1 Å². The predicted molar refractivity (Wildman–Crippen MR) is 78.4 cm³/mol. The van der Waals surface area contributed by atoms with Gasteiger partial charge >= 0.3 is 6.55 Å². The van der Waals surface area contributed by atoms with E-state index in [2.05, 4.69) is 14.7 Å². The van der Waals surface area contributed by atoms with Gasteiger partial charge in [-0.25, -0.2) is 17.8 Å². The van der Waals surface area contributed by atoms with Crippen molar-refractivity contribution in [3.63, 3.8) is 0 Å². The topological polar surface area (TPSA) is 67.2 Å². The normalized spacial score (nSPS) is 18.3. The molecule has 126 valence electrons. The highest BCUT2D eigenvalue weighted by Gasteiger charge is 2.28. The lowest BCUT2D eigenvalue weighted by atomic mass is 10.3. The van der Waals surface area contributed by atoms with Crippen LogP contribution in [0.2, 0.25) is 0 Å². The minimum atomic E-state index is -3.85. The highest BCUT2D eigenvalue weighted by atomic mass is 32.2. The molecule has 1 saturated heterocycles. The van der Waals surface area contributed by atoms with Crippen molar-refractivity contribution in [2.24, 2.45) is 0 Å². The molecule has 0 bridgehead atoms. The Labute approximate surface area is 129 Å². The lowest BCUT2D eigenvalue weighted by Gasteiger charge is -2.23. The molecule has 1 aromatic heterocycles. The van der Waals surface area contributed by atoms with E-state index in [4.69, 9.17) is 0 Å². The third-order valence-electron chi connectivity index (χ3n) is 4.04. The molecule has 2 heterocycles. The summed E-state index contributed by atoms with van der Waals surface area (Å²) in [6.07, 6.45) is 2.24. The zero-order chi connectivity index (χ0) is 16.5. The maximum atomic E-state index is 12.8. The second-order valence-corrected chi connectivity index (χ2v) is 7.37. The Bertz CT molecular complexity index is 624. The highest BCUT2D eigenvalue weighted by molar-refractivity contribution is 7.89. The van der Waals surface area contributed by atoms with E-state index in [0.29, 0.717) is 4.68 Å². The van der Waals surface area contributed by atoms with E-state index in [1.54, 1.807) is 0 Å². The van der Waals surface area contributed by atoms with Gasteiger partial charge in [-0.1, -0.05) is 0 Å². The molecule has 0 aromatic carbocycles. The molecule has 1 aromatic rings. The van der Waals surface area contributed by atoms with Crippen molar-refractivity contribution in [2.75, 3.05) is 19.6 Å². The van der Waals surface area contributed by atoms with Crippen LogP contribution < -0.4 is 4.72 Å². The summed E-state index contributed by atoms with van der Waals surface area (Å²) in [5.41, 5.74) is 0.0351. The number of hydrogen-bond acceptors (Lipinski definition) is 4. The molecule has 0 saturated carbocycles. The highest BCUT2D eigenvalue weighted by Crippen LogP contribution is 2.23. The Kier molecular flexibility index (Phi) is 5.18. The van der Waals surface area contributed by atoms with Crippen molar-refractivity contribution in [1.29, 1.82) is 0 Å². The first-order chi connectivity index (χ1) is 10.2. The quantitative estimate of drug-likeness (QED) is 0.858. The van der Waals surface area contributed by atoms with Gasteiger partial charge in [-0.15, -0.1) is 0 Å². The number of aromatic nitrogens is 2. The Morgan fingerprint density at radius 3 is 2.36 bits per heavy atom. The number of hydrogen-bond donors (Lipinski definition) is 1. The Balaban J connectivity index is 2.13. The average Bonchev–Trinajstić information content (AvgIpc) is 3.04. The van der Waals surface area contributed by atoms with Crippen LogP contribution >= 0.6 is 0 Å². The standard InChI is InChI=1S/C13H22F2N4O2S/c1-9(18-6-4-5-7-18)8-16-22(20,21)12-10(2)17-19(11(12)3)13(14)15/h9,13,16H,4-8H2,1-3H3/t9-/m1/s1. The third kappa shape index (κ3) is 3.47. The summed E-state index contributed by atoms with van der Waals surface area (Å²) in [6, 6.07) is 0.0723. The molecule has 6 nitrogen and oxygen atoms in total. The Morgan fingerprint density at radius 2 is 1.86 bits per heavy atom. The van der Waals surface area contributed by atoms with E-state index in [9.17, 15) is 17.2 Å². The first-order valence-corrected chi connectivity index (χ1v) is 8.80. The van der Waals surface area contributed by atoms with Gasteiger partial charge in [0, 0.05) is 12.6 Å². The summed E-state index contributed by atoms with van der Waals surface area (Å²) in [7, 11) is -3.85. The molecular formula is C13H22F2N4O2S. The summed E-state index contributed by atoms with van der Waals surface area (Å²) in [5, 5.41) is 3.62. The summed E-state index contributed by atoms with van der Waals surface area (Å²) < 4.78 is 53.4. The van der Waals surface area contributed by atoms with Gasteiger partial charge in [0.15, 0.2) is 0 Å². The van der Waals surface area contributed by atoms with Crippen LogP contribution in [0.4, 0.5) is 8.78 Å². The lowest BCUT2D eigenvalue weighted by Crippen LogP contribution is -2.40. The molecule has 9 heteroatoms. The van der Waals surface area contributed by atoms with Crippen molar-refractivity contribution in [3.05, 3.63) is 11.4 Å². The first-order valence-electron chi connectivity index (χ1n) is 7.31. The molecule has 1 aliphatic rings. The number of halogens is 2. The summed E-state index contributed by atoms with van der Waals surface area (Å²) in [5.74, 6) is 0. The van der Waals surface area contributed by atoms with Gasteiger partial charge in [-0.3, -0.25) is 4.90 Å². The van der Waals surface area contributed by atoms with Gasteiger partial charge in [-0.2, -0.15) is 13.9 Å². The molecule has 2 rings (SSSR count). The summed E-state index contributed by atoms with van der Waals surface area (Å²) in [4.78, 5) is 2.06. The van der Waals surface area contributed by atoms with E-state index < -0.39 is 16.6 Å². The number of nitrogens with zero attached hydrogens (tertiary/aromatic N) is 3. The number of alkyl halides is 2. The van der Waals surface area contributed by atoms with Crippen LogP contribution in [-0.2, 0) is 10.0 Å². The van der Waals surface area contributed by atoms with E-state index in [-0.39, 0.29) is 28.9 Å². The second kappa shape index (κ2) is 6.59. The van der Waals surface area contributed by atoms with Crippen molar-refractivity contribution >= 4 is 10.0 Å². The third-order valence-corrected chi connectivity index (χ3v) is 5.72. The maximum Gasteiger partial charge on any atom is 0.333 e. The van der Waals surface area contributed by atoms with Gasteiger partial charge in [-0.05, 0) is 46.7 Å². The molecule has 1 N–H and O–H groups in total. The van der Waals surface area contributed by atoms with E-state index in [1.807, 2.05) is 6.92 Å². The van der Waals surface area contributed by atoms with Crippen LogP contribution in [0.15, 0.2) is 4.90 Å². The first kappa shape index (κ1) is 17.3. The molecule has 0 spiro atoms. The zero-order valence-corrected chi connectivity index (χ0v) is 13.8. The van der Waals surface area contributed by atoms with Crippen LogP contribution in [0.25, 0.3) is 0 Å². The van der Waals surface area contributed by atoms with Crippen molar-refractivity contribution in [3.8, 4) is 0 Å². The molecule has 1 atom stereocenters. The largest absolute Gasteiger partial charge is 0.333 e. The van der Waals surface area contributed by atoms with E-state index >= 15 is 0 Å². The smallest absolute Gasteiger partial charge is 0.299 e. The zero-order valence-electron chi connectivity index (χ0n) is 13.0. The number of nitrogens with one attached hydrogen (secondary N) is 1. The van der Waals surface area contributed by atoms with Crippen LogP contribution in [0.1, 0.15) is 37.7 Å². The minimum absolute atomic E-state index is 0.0474. The maximum absolute atomic E-state index is 12.8. The van der Waals surface area contributed by atoms with Gasteiger partial charge in [0.25, 0.3) is 0 Å². The van der Waals surface area contributed by atoms with Gasteiger partial charge in [0.1, 0.15) is 4.90 Å². The van der Waals surface area contributed by atoms with E-state index in [0.717, 1.165) is 25.9 Å². The Hall–Kier alpha value is -1.06. The van der Waals surface area contributed by atoms with Gasteiger partial charge in [0.2, 0.25) is 10.0 Å². The monoisotopic (exact) mass is 336 g/mol. The molecule has 0 radical (unpaired) electrons. The summed E-state index contributed by atoms with van der Waals surface area (Å²) >= 11 is 0. The summed E-state index contributed by atoms with van der Waals surface area (Å²) in [6.45, 7) is 4.03. The molecule has 22 heavy (non-hydrogen) atoms. The molecule has 0 amide bonds. The number of sulfonamides is 1. The van der Waals surface area contributed by atoms with Crippen molar-refractivity contribution in [1.82, 2.24) is 19.4 Å². The molecular weight excluding hydrogens is 314 g/mol.